The Morgan fingerprint density at radius 2 is 0.802 bits per heavy atom. The molecule has 1 aliphatic rings. The Labute approximate surface area is 526 Å². The molecule has 1 heterocycles. The average Bonchev–Trinajstić information content (AvgIpc) is 3.44. The van der Waals surface area contributed by atoms with Crippen molar-refractivity contribution in [2.75, 3.05) is 166 Å². The average molecular weight is 1330 g/mol. The monoisotopic (exact) mass is 1330 g/mol. The van der Waals surface area contributed by atoms with Gasteiger partial charge in [0, 0.05) is 75.5 Å². The third kappa shape index (κ3) is 43.6. The second kappa shape index (κ2) is 52.6. The number of esters is 8. The quantitative estimate of drug-likeness (QED) is 0.0212. The Balaban J connectivity index is 0.0000640. The van der Waals surface area contributed by atoms with E-state index in [9.17, 15) is 38.4 Å². The molecule has 26 heteroatoms. The van der Waals surface area contributed by atoms with Crippen LogP contribution in [-0.2, 0) is 88.9 Å². The van der Waals surface area contributed by atoms with Crippen molar-refractivity contribution in [2.45, 2.75) is 112 Å². The molecule has 1 saturated heterocycles. The number of nitrogens with zero attached hydrogens (tertiary/aromatic N) is 4. The maximum atomic E-state index is 12.8. The van der Waals surface area contributed by atoms with Crippen LogP contribution in [0, 0.1) is 23.7 Å². The van der Waals surface area contributed by atoms with E-state index in [0.717, 1.165) is 64.3 Å². The Kier molecular flexibility index (Phi) is 51.6. The van der Waals surface area contributed by atoms with Crippen molar-refractivity contribution < 1.29 is 95.1 Å². The third-order valence-corrected chi connectivity index (χ3v) is 17.2. The number of halogens is 1. The zero-order chi connectivity index (χ0) is 59.2. The van der Waals surface area contributed by atoms with E-state index in [4.69, 9.17) is 50.5 Å². The topological polar surface area (TPSA) is 223 Å². The van der Waals surface area contributed by atoms with Gasteiger partial charge in [-0.3, -0.25) is 38.4 Å². The molecule has 0 radical (unpaired) electrons. The van der Waals surface area contributed by atoms with Gasteiger partial charge in [-0.1, -0.05) is 75.7 Å². The molecule has 1 fully saturated rings. The molecule has 0 aromatic rings. The molecule has 0 bridgehead atoms. The molecule has 0 amide bonds. The van der Waals surface area contributed by atoms with Gasteiger partial charge in [-0.15, -0.1) is 0 Å². The molecule has 4 atom stereocenters. The molecule has 0 aliphatic carbocycles. The van der Waals surface area contributed by atoms with Crippen LogP contribution < -0.4 is 18.9 Å². The van der Waals surface area contributed by atoms with E-state index in [-0.39, 0.29) is 139 Å². The molecule has 0 aromatic carbocycles. The second-order valence-corrected chi connectivity index (χ2v) is 24.8. The summed E-state index contributed by atoms with van der Waals surface area (Å²) in [6.45, 7) is 16.7. The molecule has 0 spiro atoms. The summed E-state index contributed by atoms with van der Waals surface area (Å²) in [5.41, 5.74) is 0. The number of thioether (sulfide) groups is 2. The summed E-state index contributed by atoms with van der Waals surface area (Å²) in [6.07, 6.45) is 11.2. The Bertz CT molecular complexity index is 1730. The van der Waals surface area contributed by atoms with Crippen LogP contribution in [0.1, 0.15) is 112 Å². The molecule has 1 aliphatic heterocycles. The number of ether oxygens (including phenoxy) is 8. The fourth-order valence-corrected chi connectivity index (χ4v) is 11.6. The zero-order valence-electron chi connectivity index (χ0n) is 49.8. The third-order valence-electron chi connectivity index (χ3n) is 12.9. The molecule has 464 valence electrons. The summed E-state index contributed by atoms with van der Waals surface area (Å²) in [6, 6.07) is 0. The minimum atomic E-state index is -0.450. The molecule has 0 saturated carbocycles. The van der Waals surface area contributed by atoms with Crippen LogP contribution in [0.25, 0.3) is 0 Å². The van der Waals surface area contributed by atoms with Gasteiger partial charge in [0.25, 0.3) is 0 Å². The van der Waals surface area contributed by atoms with Gasteiger partial charge >= 0.3 is 66.6 Å². The standard InChI is InChI=1S/C55H97IN4O16S4.Li/c1-7-8-9-10-11-12-39-79-42-46(4)54(67)75-37-33-71-50(63)17-25-58(24-16-49(62)70-32-36-74-53(66)45(3)41-78-6)20-14-22-60-29-27-59(28-30-60)21-13-19-57(23-15-48(61)69-31-35-73-52(65)44(2)40-77)26-18-51(64)72-34-38-76-55(68)47(5)43-80-56;/h44-47,77H,7-43H2,1-6H3;/q;+1/p-1. The normalized spacial score (nSPS) is 14.2. The van der Waals surface area contributed by atoms with Crippen LogP contribution in [0.15, 0.2) is 0 Å². The van der Waals surface area contributed by atoms with Crippen LogP contribution in [-0.4, -0.2) is 234 Å². The molecule has 0 aromatic heterocycles. The van der Waals surface area contributed by atoms with Crippen molar-refractivity contribution >= 4 is 114 Å². The first-order valence-corrected chi connectivity index (χ1v) is 35.2. The number of piperazine rings is 1. The number of carbonyl (C=O) groups is 8. The maximum Gasteiger partial charge on any atom is 1.00 e. The Morgan fingerprint density at radius 1 is 0.469 bits per heavy atom. The van der Waals surface area contributed by atoms with Crippen LogP contribution in [0.4, 0.5) is 0 Å². The molecule has 4 unspecified atom stereocenters. The van der Waals surface area contributed by atoms with E-state index in [2.05, 4.69) is 37.9 Å². The summed E-state index contributed by atoms with van der Waals surface area (Å²) in [5.74, 6) is -1.11. The molecule has 20 nitrogen and oxygen atoms in total. The second-order valence-electron chi connectivity index (χ2n) is 20.0. The summed E-state index contributed by atoms with van der Waals surface area (Å²) >= 11 is 10.4. The summed E-state index contributed by atoms with van der Waals surface area (Å²) < 4.78 is 42.4. The summed E-state index contributed by atoms with van der Waals surface area (Å²) in [4.78, 5) is 108. The number of hydrogen-bond donors (Lipinski definition) is 0. The first kappa shape index (κ1) is 79.3. The van der Waals surface area contributed by atoms with Crippen molar-refractivity contribution in [3.63, 3.8) is 0 Å². The van der Waals surface area contributed by atoms with Gasteiger partial charge in [0.05, 0.1) is 43.4 Å². The van der Waals surface area contributed by atoms with Crippen LogP contribution in [0.2, 0.25) is 0 Å². The summed E-state index contributed by atoms with van der Waals surface area (Å²) in [7, 11) is 1.52. The Morgan fingerprint density at radius 3 is 1.16 bits per heavy atom. The molecular formula is C55H96ILiN4O16S4. The van der Waals surface area contributed by atoms with Crippen molar-refractivity contribution in [1.29, 1.82) is 0 Å². The van der Waals surface area contributed by atoms with Gasteiger partial charge in [0.2, 0.25) is 0 Å². The smallest absolute Gasteiger partial charge is 0.792 e. The molecule has 1 rings (SSSR count). The van der Waals surface area contributed by atoms with Crippen molar-refractivity contribution in [3.8, 4) is 0 Å². The number of rotatable bonds is 50. The SMILES string of the molecule is CCCCCCCCSCC(C)C(=O)OCCOC(=O)CCN(CCCN1CCN(CCCN(CCC(=O)OCCOC(=O)C(C)C[S-])CCC(=O)OCCOC(=O)C(C)CSI)CC1)CCC(=O)OCCOC(=O)C(C)CSC.[Li+]. The van der Waals surface area contributed by atoms with Gasteiger partial charge in [0.1, 0.15) is 52.9 Å². The first-order valence-electron chi connectivity index (χ1n) is 28.6. The minimum Gasteiger partial charge on any atom is -0.792 e. The molecule has 0 N–H and O–H groups in total. The Hall–Kier alpha value is -1.67. The van der Waals surface area contributed by atoms with Gasteiger partial charge in [-0.25, -0.2) is 0 Å². The number of carbonyl (C=O) groups excluding carboxylic acids is 8. The van der Waals surface area contributed by atoms with Gasteiger partial charge in [-0.05, 0) is 78.7 Å². The maximum absolute atomic E-state index is 12.8. The van der Waals surface area contributed by atoms with Gasteiger partial charge < -0.3 is 70.1 Å². The van der Waals surface area contributed by atoms with E-state index in [1.165, 1.54) is 41.0 Å². The van der Waals surface area contributed by atoms with Crippen molar-refractivity contribution in [1.82, 2.24) is 19.6 Å². The van der Waals surface area contributed by atoms with E-state index in [1.54, 1.807) is 44.3 Å². The van der Waals surface area contributed by atoms with E-state index < -0.39 is 35.8 Å². The van der Waals surface area contributed by atoms with Gasteiger partial charge in [0.15, 0.2) is 0 Å². The van der Waals surface area contributed by atoms with Crippen molar-refractivity contribution in [2.24, 2.45) is 23.7 Å². The minimum absolute atomic E-state index is 0. The summed E-state index contributed by atoms with van der Waals surface area (Å²) in [5, 5.41) is 0. The number of unbranched alkanes of at least 4 members (excludes halogenated alkanes) is 5. The van der Waals surface area contributed by atoms with Crippen LogP contribution in [0.3, 0.4) is 0 Å². The number of hydrogen-bond acceptors (Lipinski definition) is 24. The van der Waals surface area contributed by atoms with Crippen LogP contribution >= 0.6 is 53.7 Å². The van der Waals surface area contributed by atoms with E-state index in [1.807, 2.05) is 23.0 Å². The predicted molar refractivity (Wildman–Crippen MR) is 326 cm³/mol. The first-order chi connectivity index (χ1) is 38.5. The van der Waals surface area contributed by atoms with E-state index in [0.29, 0.717) is 56.5 Å². The predicted octanol–water partition coefficient (Wildman–Crippen LogP) is 3.53. The fourth-order valence-electron chi connectivity index (χ4n) is 7.85. The fraction of sp³-hybridized carbons (Fsp3) is 0.855. The largest absolute Gasteiger partial charge is 1.00 e. The molecular weight excluding hydrogens is 1230 g/mol. The van der Waals surface area contributed by atoms with Gasteiger partial charge in [-0.2, -0.15) is 29.3 Å². The molecule has 81 heavy (non-hydrogen) atoms. The van der Waals surface area contributed by atoms with Crippen LogP contribution in [0.5, 0.6) is 0 Å². The zero-order valence-corrected chi connectivity index (χ0v) is 55.2. The van der Waals surface area contributed by atoms with E-state index >= 15 is 0 Å². The van der Waals surface area contributed by atoms with Crippen molar-refractivity contribution in [3.05, 3.63) is 0 Å².